The van der Waals surface area contributed by atoms with Crippen LogP contribution in [-0.2, 0) is 9.53 Å². The summed E-state index contributed by atoms with van der Waals surface area (Å²) in [5.41, 5.74) is 1.97. The van der Waals surface area contributed by atoms with E-state index in [4.69, 9.17) is 4.74 Å². The van der Waals surface area contributed by atoms with E-state index in [2.05, 4.69) is 33.8 Å². The van der Waals surface area contributed by atoms with Crippen molar-refractivity contribution < 1.29 is 19.7 Å². The molecule has 0 aromatic heterocycles. The minimum atomic E-state index is -1.22. The number of hydrogen-bond donors (Lipinski definition) is 2. The Kier molecular flexibility index (Phi) is 4.42. The molecule has 0 spiro atoms. The van der Waals surface area contributed by atoms with Crippen molar-refractivity contribution in [2.24, 2.45) is 22.7 Å². The van der Waals surface area contributed by atoms with Gasteiger partial charge in [-0.15, -0.1) is 0 Å². The summed E-state index contributed by atoms with van der Waals surface area (Å²) in [6.45, 7) is 9.24. The van der Waals surface area contributed by atoms with E-state index >= 15 is 0 Å². The first-order valence-corrected chi connectivity index (χ1v) is 9.10. The Hall–Kier alpha value is -1.13. The van der Waals surface area contributed by atoms with Gasteiger partial charge in [0.15, 0.2) is 0 Å². The Morgan fingerprint density at radius 3 is 2.67 bits per heavy atom. The lowest BCUT2D eigenvalue weighted by Crippen LogP contribution is -2.49. The molecule has 134 valence electrons. The highest BCUT2D eigenvalue weighted by Gasteiger charge is 2.52. The van der Waals surface area contributed by atoms with Crippen molar-refractivity contribution in [3.05, 3.63) is 23.3 Å². The molecule has 1 fully saturated rings. The van der Waals surface area contributed by atoms with Gasteiger partial charge in [-0.2, -0.15) is 0 Å². The van der Waals surface area contributed by atoms with Gasteiger partial charge in [0.05, 0.1) is 11.7 Å². The van der Waals surface area contributed by atoms with Crippen LogP contribution < -0.4 is 0 Å². The molecule has 5 atom stereocenters. The van der Waals surface area contributed by atoms with E-state index in [1.54, 1.807) is 0 Å². The second kappa shape index (κ2) is 5.99. The SMILES string of the molecule is CC1=CC[C@@H]2C(C)(C)CCC[C@@]2(C)[C@@H]1C[C@@H](O)C1=C[C@@H](O)OC1=O. The predicted octanol–water partition coefficient (Wildman–Crippen LogP) is 3.34. The van der Waals surface area contributed by atoms with E-state index in [-0.39, 0.29) is 16.9 Å². The molecule has 3 aliphatic rings. The van der Waals surface area contributed by atoms with Crippen molar-refractivity contribution in [2.75, 3.05) is 0 Å². The van der Waals surface area contributed by atoms with E-state index in [1.807, 2.05) is 0 Å². The maximum absolute atomic E-state index is 11.8. The van der Waals surface area contributed by atoms with Gasteiger partial charge in [-0.3, -0.25) is 0 Å². The van der Waals surface area contributed by atoms with Crippen LogP contribution in [0.15, 0.2) is 23.3 Å². The lowest BCUT2D eigenvalue weighted by molar-refractivity contribution is -0.152. The van der Waals surface area contributed by atoms with E-state index in [0.717, 1.165) is 12.8 Å². The van der Waals surface area contributed by atoms with Crippen LogP contribution in [0.3, 0.4) is 0 Å². The smallest absolute Gasteiger partial charge is 0.339 e. The minimum absolute atomic E-state index is 0.142. The zero-order chi connectivity index (χ0) is 17.7. The number of esters is 1. The van der Waals surface area contributed by atoms with Crippen LogP contribution in [0, 0.1) is 22.7 Å². The van der Waals surface area contributed by atoms with E-state index in [0.29, 0.717) is 17.8 Å². The van der Waals surface area contributed by atoms with Crippen molar-refractivity contribution in [2.45, 2.75) is 72.2 Å². The topological polar surface area (TPSA) is 66.8 Å². The normalized spacial score (nSPS) is 39.6. The van der Waals surface area contributed by atoms with Crippen LogP contribution in [0.4, 0.5) is 0 Å². The van der Waals surface area contributed by atoms with Gasteiger partial charge in [0.2, 0.25) is 6.29 Å². The molecule has 0 amide bonds. The Bertz CT molecular complexity index is 588. The number of rotatable bonds is 3. The fourth-order valence-electron chi connectivity index (χ4n) is 5.62. The van der Waals surface area contributed by atoms with Crippen LogP contribution >= 0.6 is 0 Å². The van der Waals surface area contributed by atoms with Crippen molar-refractivity contribution in [1.82, 2.24) is 0 Å². The van der Waals surface area contributed by atoms with Crippen LogP contribution in [-0.4, -0.2) is 28.6 Å². The Labute approximate surface area is 144 Å². The number of allylic oxidation sites excluding steroid dienone is 2. The average molecular weight is 334 g/mol. The molecular formula is C20H30O4. The Morgan fingerprint density at radius 1 is 1.33 bits per heavy atom. The molecule has 24 heavy (non-hydrogen) atoms. The molecule has 4 heteroatoms. The van der Waals surface area contributed by atoms with Gasteiger partial charge < -0.3 is 14.9 Å². The number of aliphatic hydroxyl groups is 2. The molecule has 0 radical (unpaired) electrons. The summed E-state index contributed by atoms with van der Waals surface area (Å²) in [5, 5.41) is 20.1. The maximum Gasteiger partial charge on any atom is 0.339 e. The molecule has 0 saturated heterocycles. The summed E-state index contributed by atoms with van der Waals surface area (Å²) in [6, 6.07) is 0. The summed E-state index contributed by atoms with van der Waals surface area (Å²) in [4.78, 5) is 11.8. The highest BCUT2D eigenvalue weighted by Crippen LogP contribution is 2.60. The van der Waals surface area contributed by atoms with Gasteiger partial charge in [-0.1, -0.05) is 38.8 Å². The molecule has 1 aliphatic heterocycles. The van der Waals surface area contributed by atoms with Crippen LogP contribution in [0.1, 0.15) is 59.8 Å². The van der Waals surface area contributed by atoms with Gasteiger partial charge in [0, 0.05) is 0 Å². The third-order valence-electron chi connectivity index (χ3n) is 6.90. The molecule has 0 aromatic carbocycles. The molecule has 0 bridgehead atoms. The van der Waals surface area contributed by atoms with Crippen LogP contribution in [0.2, 0.25) is 0 Å². The maximum atomic E-state index is 11.8. The third-order valence-corrected chi connectivity index (χ3v) is 6.90. The Balaban J connectivity index is 1.86. The molecule has 3 rings (SSSR count). The Morgan fingerprint density at radius 2 is 2.04 bits per heavy atom. The number of cyclic esters (lactones) is 1. The second-order valence-corrected chi connectivity index (χ2v) is 8.81. The molecule has 0 unspecified atom stereocenters. The van der Waals surface area contributed by atoms with Crippen LogP contribution in [0.25, 0.3) is 0 Å². The summed E-state index contributed by atoms with van der Waals surface area (Å²) in [6.07, 6.45) is 6.79. The monoisotopic (exact) mass is 334 g/mol. The number of hydrogen-bond acceptors (Lipinski definition) is 4. The van der Waals surface area contributed by atoms with Crippen molar-refractivity contribution in [3.63, 3.8) is 0 Å². The first-order valence-electron chi connectivity index (χ1n) is 9.10. The zero-order valence-corrected chi connectivity index (χ0v) is 15.2. The van der Waals surface area contributed by atoms with Gasteiger partial charge >= 0.3 is 5.97 Å². The lowest BCUT2D eigenvalue weighted by Gasteiger charge is -2.57. The predicted molar refractivity (Wildman–Crippen MR) is 91.9 cm³/mol. The van der Waals surface area contributed by atoms with Gasteiger partial charge in [0.1, 0.15) is 0 Å². The zero-order valence-electron chi connectivity index (χ0n) is 15.2. The summed E-state index contributed by atoms with van der Waals surface area (Å²) in [7, 11) is 0. The molecule has 0 aromatic rings. The van der Waals surface area contributed by atoms with E-state index < -0.39 is 18.4 Å². The molecule has 2 N–H and O–H groups in total. The number of aliphatic hydroxyl groups excluding tert-OH is 2. The fraction of sp³-hybridized carbons (Fsp3) is 0.750. The summed E-state index contributed by atoms with van der Waals surface area (Å²) in [5.74, 6) is 0.241. The number of fused-ring (bicyclic) bond motifs is 1. The minimum Gasteiger partial charge on any atom is -0.429 e. The largest absolute Gasteiger partial charge is 0.429 e. The van der Waals surface area contributed by atoms with Crippen molar-refractivity contribution in [3.8, 4) is 0 Å². The van der Waals surface area contributed by atoms with E-state index in [9.17, 15) is 15.0 Å². The van der Waals surface area contributed by atoms with Crippen LogP contribution in [0.5, 0.6) is 0 Å². The molecule has 1 saturated carbocycles. The highest BCUT2D eigenvalue weighted by atomic mass is 16.6. The van der Waals surface area contributed by atoms with E-state index in [1.165, 1.54) is 24.5 Å². The summed E-state index contributed by atoms with van der Waals surface area (Å²) >= 11 is 0. The number of carbonyl (C=O) groups is 1. The van der Waals surface area contributed by atoms with Gasteiger partial charge in [0.25, 0.3) is 0 Å². The third kappa shape index (κ3) is 2.84. The fourth-order valence-corrected chi connectivity index (χ4v) is 5.62. The second-order valence-electron chi connectivity index (χ2n) is 8.81. The quantitative estimate of drug-likeness (QED) is 0.614. The number of carbonyl (C=O) groups excluding carboxylic acids is 1. The molecule has 2 aliphatic carbocycles. The molecular weight excluding hydrogens is 304 g/mol. The first-order chi connectivity index (χ1) is 11.1. The van der Waals surface area contributed by atoms with Crippen molar-refractivity contribution in [1.29, 1.82) is 0 Å². The van der Waals surface area contributed by atoms with Gasteiger partial charge in [-0.05, 0) is 61.3 Å². The van der Waals surface area contributed by atoms with Crippen molar-refractivity contribution >= 4 is 5.97 Å². The average Bonchev–Trinajstić information content (AvgIpc) is 2.80. The molecule has 1 heterocycles. The highest BCUT2D eigenvalue weighted by molar-refractivity contribution is 5.91. The lowest BCUT2D eigenvalue weighted by atomic mass is 9.48. The molecule has 4 nitrogen and oxygen atoms in total. The number of ether oxygens (including phenoxy) is 1. The van der Waals surface area contributed by atoms with Gasteiger partial charge in [-0.25, -0.2) is 4.79 Å². The standard InChI is InChI=1S/C20H30O4/c1-12-6-7-16-19(2,3)8-5-9-20(16,4)14(12)11-15(21)13-10-17(22)24-18(13)23/h6,10,14-17,21-22H,5,7-9,11H2,1-4H3/t14-,15-,16-,17+,20+/m1/s1. The first kappa shape index (κ1) is 17.7. The summed E-state index contributed by atoms with van der Waals surface area (Å²) < 4.78 is 4.73.